The molecule has 1 aliphatic rings. The van der Waals surface area contributed by atoms with Gasteiger partial charge in [-0.15, -0.1) is 0 Å². The summed E-state index contributed by atoms with van der Waals surface area (Å²) in [7, 11) is 0. The van der Waals surface area contributed by atoms with Crippen LogP contribution in [0.4, 0.5) is 0 Å². The largest absolute Gasteiger partial charge is 0.492 e. The predicted octanol–water partition coefficient (Wildman–Crippen LogP) is 4.69. The van der Waals surface area contributed by atoms with E-state index in [2.05, 4.69) is 83.8 Å². The Balaban J connectivity index is 1.57. The van der Waals surface area contributed by atoms with Gasteiger partial charge in [0, 0.05) is 19.1 Å². The average Bonchev–Trinajstić information content (AvgIpc) is 2.69. The van der Waals surface area contributed by atoms with Crippen LogP contribution in [0.2, 0.25) is 0 Å². The van der Waals surface area contributed by atoms with Gasteiger partial charge in [0.15, 0.2) is 0 Å². The Morgan fingerprint density at radius 3 is 1.92 bits per heavy atom. The first kappa shape index (κ1) is 15.9. The second-order valence-corrected chi connectivity index (χ2v) is 6.65. The first-order valence-electron chi connectivity index (χ1n) is 8.91. The van der Waals surface area contributed by atoms with Crippen molar-refractivity contribution in [2.75, 3.05) is 6.61 Å². The molecule has 1 aliphatic heterocycles. The summed E-state index contributed by atoms with van der Waals surface area (Å²) in [5.74, 6) is 1.04. The lowest BCUT2D eigenvalue weighted by molar-refractivity contribution is 0.106. The Hall–Kier alpha value is -2.58. The maximum atomic E-state index is 6.05. The van der Waals surface area contributed by atoms with Crippen molar-refractivity contribution < 1.29 is 4.74 Å². The molecule has 0 aromatic heterocycles. The van der Waals surface area contributed by atoms with Gasteiger partial charge >= 0.3 is 0 Å². The minimum Gasteiger partial charge on any atom is -0.492 e. The first-order chi connectivity index (χ1) is 12.4. The highest BCUT2D eigenvalue weighted by atomic mass is 16.5. The summed E-state index contributed by atoms with van der Waals surface area (Å²) in [4.78, 5) is 2.54. The maximum Gasteiger partial charge on any atom is 0.122 e. The van der Waals surface area contributed by atoms with E-state index in [9.17, 15) is 0 Å². The lowest BCUT2D eigenvalue weighted by Crippen LogP contribution is -2.42. The number of rotatable bonds is 5. The van der Waals surface area contributed by atoms with Gasteiger partial charge in [-0.1, -0.05) is 78.9 Å². The molecule has 25 heavy (non-hydrogen) atoms. The van der Waals surface area contributed by atoms with E-state index in [0.717, 1.165) is 31.9 Å². The molecule has 0 spiro atoms. The van der Waals surface area contributed by atoms with Crippen molar-refractivity contribution in [1.29, 1.82) is 0 Å². The molecule has 3 aromatic carbocycles. The number of nitrogens with zero attached hydrogens (tertiary/aromatic N) is 1. The summed E-state index contributed by atoms with van der Waals surface area (Å²) < 4.78 is 6.05. The highest BCUT2D eigenvalue weighted by Gasteiger charge is 2.25. The molecule has 0 bridgehead atoms. The number of benzene rings is 3. The van der Waals surface area contributed by atoms with E-state index in [1.807, 2.05) is 6.07 Å². The average molecular weight is 329 g/mol. The number of hydrogen-bond acceptors (Lipinski definition) is 2. The van der Waals surface area contributed by atoms with E-state index in [4.69, 9.17) is 4.74 Å². The standard InChI is InChI=1S/C23H23NO/c1-3-9-19(10-4-1)16-24(17-20-11-5-2-6-12-20)22-15-21-13-7-8-14-23(21)25-18-22/h1-14,22H,15-18H2/t22-/m0/s1. The number of para-hydroxylation sites is 1. The second kappa shape index (κ2) is 7.54. The maximum absolute atomic E-state index is 6.05. The zero-order valence-corrected chi connectivity index (χ0v) is 14.3. The minimum absolute atomic E-state index is 0.385. The molecule has 0 aliphatic carbocycles. The van der Waals surface area contributed by atoms with Gasteiger partial charge < -0.3 is 4.74 Å². The van der Waals surface area contributed by atoms with Crippen LogP contribution in [0.5, 0.6) is 5.75 Å². The molecular formula is C23H23NO. The molecular weight excluding hydrogens is 306 g/mol. The molecule has 0 fully saturated rings. The van der Waals surface area contributed by atoms with Crippen molar-refractivity contribution in [1.82, 2.24) is 4.90 Å². The van der Waals surface area contributed by atoms with E-state index in [-0.39, 0.29) is 0 Å². The Morgan fingerprint density at radius 2 is 1.28 bits per heavy atom. The summed E-state index contributed by atoms with van der Waals surface area (Å²) in [6.07, 6.45) is 1.04. The fourth-order valence-electron chi connectivity index (χ4n) is 3.50. The van der Waals surface area contributed by atoms with Crippen molar-refractivity contribution >= 4 is 0 Å². The van der Waals surface area contributed by atoms with Crippen LogP contribution >= 0.6 is 0 Å². The van der Waals surface area contributed by atoms with Crippen molar-refractivity contribution in [3.8, 4) is 5.75 Å². The summed E-state index contributed by atoms with van der Waals surface area (Å²) in [6, 6.07) is 30.2. The lowest BCUT2D eigenvalue weighted by atomic mass is 10.00. The summed E-state index contributed by atoms with van der Waals surface area (Å²) in [5.41, 5.74) is 4.00. The van der Waals surface area contributed by atoms with Crippen molar-refractivity contribution in [2.24, 2.45) is 0 Å². The van der Waals surface area contributed by atoms with Crippen LogP contribution in [0.1, 0.15) is 16.7 Å². The smallest absolute Gasteiger partial charge is 0.122 e. The van der Waals surface area contributed by atoms with Crippen LogP contribution in [0.25, 0.3) is 0 Å². The molecule has 0 radical (unpaired) electrons. The van der Waals surface area contributed by atoms with Crippen LogP contribution in [0, 0.1) is 0 Å². The van der Waals surface area contributed by atoms with Gasteiger partial charge in [0.1, 0.15) is 12.4 Å². The Morgan fingerprint density at radius 1 is 0.720 bits per heavy atom. The Kier molecular flexibility index (Phi) is 4.80. The highest BCUT2D eigenvalue weighted by molar-refractivity contribution is 5.35. The fourth-order valence-corrected chi connectivity index (χ4v) is 3.50. The number of hydrogen-bond donors (Lipinski definition) is 0. The van der Waals surface area contributed by atoms with Crippen molar-refractivity contribution in [3.05, 3.63) is 102 Å². The lowest BCUT2D eigenvalue weighted by Gasteiger charge is -2.35. The van der Waals surface area contributed by atoms with Gasteiger partial charge in [0.05, 0.1) is 0 Å². The zero-order valence-electron chi connectivity index (χ0n) is 14.3. The molecule has 2 heteroatoms. The Labute approximate surface area is 149 Å². The third-order valence-corrected chi connectivity index (χ3v) is 4.83. The van der Waals surface area contributed by atoms with Crippen LogP contribution in [0.15, 0.2) is 84.9 Å². The van der Waals surface area contributed by atoms with Crippen LogP contribution in [-0.4, -0.2) is 17.5 Å². The molecule has 126 valence electrons. The molecule has 0 saturated heterocycles. The monoisotopic (exact) mass is 329 g/mol. The SMILES string of the molecule is c1ccc(CN(Cc2ccccc2)[C@@H]2COc3ccccc3C2)cc1. The van der Waals surface area contributed by atoms with Gasteiger partial charge in [-0.2, -0.15) is 0 Å². The molecule has 3 aromatic rings. The molecule has 0 unspecified atom stereocenters. The van der Waals surface area contributed by atoms with Crippen LogP contribution < -0.4 is 4.74 Å². The first-order valence-corrected chi connectivity index (χ1v) is 8.91. The third-order valence-electron chi connectivity index (χ3n) is 4.83. The predicted molar refractivity (Wildman–Crippen MR) is 102 cm³/mol. The molecule has 4 rings (SSSR count). The molecule has 0 N–H and O–H groups in total. The van der Waals surface area contributed by atoms with Gasteiger partial charge in [0.25, 0.3) is 0 Å². The zero-order chi connectivity index (χ0) is 16.9. The van der Waals surface area contributed by atoms with E-state index in [1.54, 1.807) is 0 Å². The second-order valence-electron chi connectivity index (χ2n) is 6.65. The summed E-state index contributed by atoms with van der Waals surface area (Å²) in [5, 5.41) is 0. The van der Waals surface area contributed by atoms with Crippen molar-refractivity contribution in [3.63, 3.8) is 0 Å². The van der Waals surface area contributed by atoms with Crippen LogP contribution in [0.3, 0.4) is 0 Å². The molecule has 0 amide bonds. The quantitative estimate of drug-likeness (QED) is 0.673. The summed E-state index contributed by atoms with van der Waals surface area (Å²) in [6.45, 7) is 2.62. The third kappa shape index (κ3) is 3.92. The normalized spacial score (nSPS) is 16.3. The molecule has 1 heterocycles. The summed E-state index contributed by atoms with van der Waals surface area (Å²) >= 11 is 0. The van der Waals surface area contributed by atoms with E-state index in [1.165, 1.54) is 16.7 Å². The minimum atomic E-state index is 0.385. The van der Waals surface area contributed by atoms with E-state index >= 15 is 0 Å². The van der Waals surface area contributed by atoms with Gasteiger partial charge in [0.2, 0.25) is 0 Å². The number of fused-ring (bicyclic) bond motifs is 1. The van der Waals surface area contributed by atoms with Crippen molar-refractivity contribution in [2.45, 2.75) is 25.6 Å². The Bertz CT molecular complexity index is 759. The highest BCUT2D eigenvalue weighted by Crippen LogP contribution is 2.27. The van der Waals surface area contributed by atoms with Gasteiger partial charge in [-0.25, -0.2) is 0 Å². The van der Waals surface area contributed by atoms with Gasteiger partial charge in [-0.05, 0) is 29.2 Å². The molecule has 2 nitrogen and oxygen atoms in total. The van der Waals surface area contributed by atoms with E-state index < -0.39 is 0 Å². The topological polar surface area (TPSA) is 12.5 Å². The fraction of sp³-hybridized carbons (Fsp3) is 0.217. The molecule has 1 atom stereocenters. The van der Waals surface area contributed by atoms with Gasteiger partial charge in [-0.3, -0.25) is 4.90 Å². The van der Waals surface area contributed by atoms with E-state index in [0.29, 0.717) is 6.04 Å². The molecule has 0 saturated carbocycles. The van der Waals surface area contributed by atoms with Crippen LogP contribution in [-0.2, 0) is 19.5 Å². The number of ether oxygens (including phenoxy) is 1.